The molecule has 0 aliphatic heterocycles. The first-order valence-corrected chi connectivity index (χ1v) is 2.61. The molecule has 0 amide bonds. The van der Waals surface area contributed by atoms with Gasteiger partial charge in [-0.25, -0.2) is 9.37 Å². The summed E-state index contributed by atoms with van der Waals surface area (Å²) in [6.07, 6.45) is 0.686. The molecule has 1 aromatic heterocycles. The van der Waals surface area contributed by atoms with Crippen molar-refractivity contribution in [3.63, 3.8) is 0 Å². The Labute approximate surface area is 59.7 Å². The minimum atomic E-state index is -1.73. The Hall–Kier alpha value is -1.39. The average molecular weight is 161 g/mol. The van der Waals surface area contributed by atoms with Crippen molar-refractivity contribution in [3.05, 3.63) is 29.3 Å². The topological polar surface area (TPSA) is 30.0 Å². The van der Waals surface area contributed by atoms with Gasteiger partial charge in [0.2, 0.25) is 5.82 Å². The fourth-order valence-electron chi connectivity index (χ4n) is 0.539. The smallest absolute Gasteiger partial charge is 0.252 e. The van der Waals surface area contributed by atoms with Crippen molar-refractivity contribution in [1.82, 2.24) is 4.98 Å². The van der Waals surface area contributed by atoms with E-state index in [0.717, 1.165) is 0 Å². The van der Waals surface area contributed by atoms with E-state index in [1.54, 1.807) is 0 Å². The van der Waals surface area contributed by atoms with Crippen LogP contribution >= 0.6 is 0 Å². The molecule has 58 valence electrons. The molecule has 1 heterocycles. The van der Waals surface area contributed by atoms with E-state index in [0.29, 0.717) is 6.20 Å². The first kappa shape index (κ1) is 7.71. The SMILES string of the molecule is O=Cc1cnc(F)c(F)c1F. The zero-order valence-corrected chi connectivity index (χ0v) is 5.14. The van der Waals surface area contributed by atoms with E-state index in [4.69, 9.17) is 0 Å². The molecule has 0 spiro atoms. The fourth-order valence-corrected chi connectivity index (χ4v) is 0.539. The van der Waals surface area contributed by atoms with Gasteiger partial charge in [0.05, 0.1) is 5.56 Å². The predicted octanol–water partition coefficient (Wildman–Crippen LogP) is 1.31. The normalized spacial score (nSPS) is 9.73. The molecule has 0 aromatic carbocycles. The summed E-state index contributed by atoms with van der Waals surface area (Å²) in [6, 6.07) is 0. The minimum Gasteiger partial charge on any atom is -0.298 e. The number of hydrogen-bond acceptors (Lipinski definition) is 2. The van der Waals surface area contributed by atoms with E-state index >= 15 is 0 Å². The van der Waals surface area contributed by atoms with Crippen LogP contribution < -0.4 is 0 Å². The molecule has 1 rings (SSSR count). The maximum atomic E-state index is 12.4. The Bertz CT molecular complexity index is 300. The summed E-state index contributed by atoms with van der Waals surface area (Å²) in [7, 11) is 0. The highest BCUT2D eigenvalue weighted by molar-refractivity contribution is 5.74. The number of rotatable bonds is 1. The van der Waals surface area contributed by atoms with Crippen molar-refractivity contribution < 1.29 is 18.0 Å². The van der Waals surface area contributed by atoms with E-state index in [-0.39, 0.29) is 6.29 Å². The summed E-state index contributed by atoms with van der Waals surface area (Å²) < 4.78 is 36.6. The molecule has 0 N–H and O–H groups in total. The van der Waals surface area contributed by atoms with Gasteiger partial charge < -0.3 is 0 Å². The number of pyridine rings is 1. The van der Waals surface area contributed by atoms with Crippen molar-refractivity contribution in [1.29, 1.82) is 0 Å². The van der Waals surface area contributed by atoms with Crippen molar-refractivity contribution >= 4 is 6.29 Å². The van der Waals surface area contributed by atoms with Crippen LogP contribution in [-0.2, 0) is 0 Å². The lowest BCUT2D eigenvalue weighted by atomic mass is 10.3. The van der Waals surface area contributed by atoms with E-state index in [1.165, 1.54) is 0 Å². The summed E-state index contributed by atoms with van der Waals surface area (Å²) in [6.45, 7) is 0. The zero-order valence-electron chi connectivity index (χ0n) is 5.14. The van der Waals surface area contributed by atoms with Gasteiger partial charge in [0.15, 0.2) is 12.1 Å². The van der Waals surface area contributed by atoms with Gasteiger partial charge in [0.1, 0.15) is 0 Å². The van der Waals surface area contributed by atoms with Gasteiger partial charge in [-0.15, -0.1) is 0 Å². The Morgan fingerprint density at radius 1 is 1.27 bits per heavy atom. The van der Waals surface area contributed by atoms with E-state index in [9.17, 15) is 18.0 Å². The van der Waals surface area contributed by atoms with E-state index < -0.39 is 23.1 Å². The van der Waals surface area contributed by atoms with Crippen LogP contribution in [0.1, 0.15) is 10.4 Å². The van der Waals surface area contributed by atoms with Crippen LogP contribution in [0.25, 0.3) is 0 Å². The lowest BCUT2D eigenvalue weighted by Crippen LogP contribution is -1.99. The lowest BCUT2D eigenvalue weighted by Gasteiger charge is -1.94. The van der Waals surface area contributed by atoms with Crippen LogP contribution in [0.3, 0.4) is 0 Å². The summed E-state index contributed by atoms with van der Waals surface area (Å²) in [5, 5.41) is 0. The fraction of sp³-hybridized carbons (Fsp3) is 0. The molecular weight excluding hydrogens is 159 g/mol. The quantitative estimate of drug-likeness (QED) is 0.459. The number of aldehydes is 1. The third-order valence-corrected chi connectivity index (χ3v) is 1.07. The maximum Gasteiger partial charge on any atom is 0.252 e. The van der Waals surface area contributed by atoms with Crippen LogP contribution in [0.2, 0.25) is 0 Å². The number of aromatic nitrogens is 1. The van der Waals surface area contributed by atoms with Crippen molar-refractivity contribution in [3.8, 4) is 0 Å². The third kappa shape index (κ3) is 1.21. The molecule has 0 atom stereocenters. The van der Waals surface area contributed by atoms with Crippen LogP contribution in [0.15, 0.2) is 6.20 Å². The molecule has 2 nitrogen and oxygen atoms in total. The van der Waals surface area contributed by atoms with Crippen molar-refractivity contribution in [2.24, 2.45) is 0 Å². The summed E-state index contributed by atoms with van der Waals surface area (Å²) in [5.74, 6) is -4.78. The standard InChI is InChI=1S/C6H2F3NO/c7-4-3(2-11)1-10-6(9)5(4)8/h1-2H. The van der Waals surface area contributed by atoms with Crippen molar-refractivity contribution in [2.75, 3.05) is 0 Å². The summed E-state index contributed by atoms with van der Waals surface area (Å²) in [5.41, 5.74) is -0.594. The van der Waals surface area contributed by atoms with E-state index in [2.05, 4.69) is 4.98 Å². The van der Waals surface area contributed by atoms with Gasteiger partial charge in [-0.3, -0.25) is 4.79 Å². The first-order chi connectivity index (χ1) is 5.16. The van der Waals surface area contributed by atoms with Crippen LogP contribution in [0, 0.1) is 17.6 Å². The number of hydrogen-bond donors (Lipinski definition) is 0. The number of carbonyl (C=O) groups excluding carboxylic acids is 1. The second-order valence-corrected chi connectivity index (χ2v) is 1.75. The van der Waals surface area contributed by atoms with Gasteiger partial charge >= 0.3 is 0 Å². The number of carbonyl (C=O) groups is 1. The predicted molar refractivity (Wildman–Crippen MR) is 29.5 cm³/mol. The molecule has 0 radical (unpaired) electrons. The van der Waals surface area contributed by atoms with Crippen molar-refractivity contribution in [2.45, 2.75) is 0 Å². The molecule has 0 saturated carbocycles. The highest BCUT2D eigenvalue weighted by Crippen LogP contribution is 2.10. The lowest BCUT2D eigenvalue weighted by molar-refractivity contribution is 0.111. The summed E-state index contributed by atoms with van der Waals surface area (Å²) >= 11 is 0. The van der Waals surface area contributed by atoms with Gasteiger partial charge in [0, 0.05) is 6.20 Å². The van der Waals surface area contributed by atoms with Gasteiger partial charge in [0.25, 0.3) is 5.95 Å². The van der Waals surface area contributed by atoms with E-state index in [1.807, 2.05) is 0 Å². The Kier molecular flexibility index (Phi) is 1.89. The van der Waals surface area contributed by atoms with Crippen LogP contribution in [-0.4, -0.2) is 11.3 Å². The first-order valence-electron chi connectivity index (χ1n) is 2.61. The van der Waals surface area contributed by atoms with Gasteiger partial charge in [-0.1, -0.05) is 0 Å². The molecule has 0 bridgehead atoms. The maximum absolute atomic E-state index is 12.4. The third-order valence-electron chi connectivity index (χ3n) is 1.07. The number of nitrogens with zero attached hydrogens (tertiary/aromatic N) is 1. The molecule has 0 aliphatic rings. The Balaban J connectivity index is 3.36. The van der Waals surface area contributed by atoms with Gasteiger partial charge in [-0.2, -0.15) is 8.78 Å². The Morgan fingerprint density at radius 3 is 2.45 bits per heavy atom. The molecule has 0 aliphatic carbocycles. The second kappa shape index (κ2) is 2.69. The summed E-state index contributed by atoms with van der Waals surface area (Å²) in [4.78, 5) is 12.7. The highest BCUT2D eigenvalue weighted by atomic mass is 19.2. The van der Waals surface area contributed by atoms with Gasteiger partial charge in [-0.05, 0) is 0 Å². The molecule has 0 unspecified atom stereocenters. The average Bonchev–Trinajstić information content (AvgIpc) is 2.01. The highest BCUT2D eigenvalue weighted by Gasteiger charge is 2.13. The largest absolute Gasteiger partial charge is 0.298 e. The van der Waals surface area contributed by atoms with Crippen LogP contribution in [0.4, 0.5) is 13.2 Å². The molecule has 1 aromatic rings. The molecule has 11 heavy (non-hydrogen) atoms. The monoisotopic (exact) mass is 161 g/mol. The second-order valence-electron chi connectivity index (χ2n) is 1.75. The zero-order chi connectivity index (χ0) is 8.43. The molecule has 0 saturated heterocycles. The molecule has 5 heteroatoms. The Morgan fingerprint density at radius 2 is 1.91 bits per heavy atom. The van der Waals surface area contributed by atoms with Crippen LogP contribution in [0.5, 0.6) is 0 Å². The minimum absolute atomic E-state index is 0.0604. The number of halogens is 3. The molecule has 0 fully saturated rings. The molecular formula is C6H2F3NO.